The lowest BCUT2D eigenvalue weighted by Gasteiger charge is -2.44. The zero-order valence-electron chi connectivity index (χ0n) is 18.3. The van der Waals surface area contributed by atoms with Crippen LogP contribution in [-0.2, 0) is 0 Å². The molecule has 1 saturated heterocycles. The molecule has 36 heavy (non-hydrogen) atoms. The van der Waals surface area contributed by atoms with Gasteiger partial charge in [0.1, 0.15) is 11.6 Å². The van der Waals surface area contributed by atoms with Crippen molar-refractivity contribution < 1.29 is 27.9 Å². The van der Waals surface area contributed by atoms with Crippen LogP contribution in [0.1, 0.15) is 22.0 Å². The van der Waals surface area contributed by atoms with Crippen LogP contribution in [0.15, 0.2) is 78.6 Å². The van der Waals surface area contributed by atoms with E-state index in [0.29, 0.717) is 10.6 Å². The van der Waals surface area contributed by atoms with E-state index in [-0.39, 0.29) is 16.8 Å². The summed E-state index contributed by atoms with van der Waals surface area (Å²) >= 11 is 1.29. The first-order valence-electron chi connectivity index (χ1n) is 10.7. The molecule has 0 unspecified atom stereocenters. The summed E-state index contributed by atoms with van der Waals surface area (Å²) in [5.74, 6) is -3.24. The van der Waals surface area contributed by atoms with Crippen LogP contribution in [0.2, 0.25) is 0 Å². The van der Waals surface area contributed by atoms with Crippen LogP contribution in [0.4, 0.5) is 18.0 Å². The first-order valence-corrected chi connectivity index (χ1v) is 11.6. The van der Waals surface area contributed by atoms with E-state index in [9.17, 15) is 27.9 Å². The minimum absolute atomic E-state index is 0.140. The molecule has 5 rings (SSSR count). The largest absolute Gasteiger partial charge is 0.437 e. The summed E-state index contributed by atoms with van der Waals surface area (Å²) in [6.45, 7) is 0. The molecule has 184 valence electrons. The maximum atomic E-state index is 14.3. The number of carbonyl (C=O) groups excluding carboxylic acids is 2. The molecule has 1 aromatic carbocycles. The number of thiophene rings is 1. The monoisotopic (exact) mass is 513 g/mol. The van der Waals surface area contributed by atoms with E-state index in [1.807, 2.05) is 0 Å². The van der Waals surface area contributed by atoms with Gasteiger partial charge in [-0.1, -0.05) is 24.3 Å². The molecule has 1 aliphatic rings. The third kappa shape index (κ3) is 4.03. The maximum absolute atomic E-state index is 14.3. The number of benzene rings is 1. The van der Waals surface area contributed by atoms with Gasteiger partial charge in [0.15, 0.2) is 5.78 Å². The smallest absolute Gasteiger partial charge is 0.363 e. The summed E-state index contributed by atoms with van der Waals surface area (Å²) in [5, 5.41) is 21.2. The molecule has 0 saturated carbocycles. The molecular formula is C24H18F3N5O3S. The quantitative estimate of drug-likeness (QED) is 0.348. The number of aliphatic hydroxyl groups is 1. The van der Waals surface area contributed by atoms with Gasteiger partial charge in [0.25, 0.3) is 0 Å². The number of para-hydroxylation sites is 1. The molecular weight excluding hydrogens is 495 g/mol. The van der Waals surface area contributed by atoms with Crippen LogP contribution in [0.25, 0.3) is 16.3 Å². The number of alkyl halides is 3. The van der Waals surface area contributed by atoms with E-state index in [2.05, 4.69) is 15.4 Å². The van der Waals surface area contributed by atoms with E-state index >= 15 is 0 Å². The minimum Gasteiger partial charge on any atom is -0.363 e. The van der Waals surface area contributed by atoms with E-state index in [0.717, 1.165) is 6.20 Å². The number of Topliss-reactive ketones (excluding diaryl/α,β-unsaturated/α-hetero) is 1. The number of hydrogen-bond donors (Lipinski definition) is 3. The van der Waals surface area contributed by atoms with E-state index < -0.39 is 35.7 Å². The zero-order valence-corrected chi connectivity index (χ0v) is 19.1. The highest BCUT2D eigenvalue weighted by Gasteiger charge is 2.66. The summed E-state index contributed by atoms with van der Waals surface area (Å²) in [6, 6.07) is 12.1. The lowest BCUT2D eigenvalue weighted by molar-refractivity contribution is -0.287. The van der Waals surface area contributed by atoms with Gasteiger partial charge in [0.05, 0.1) is 16.6 Å². The number of amides is 2. The van der Waals surface area contributed by atoms with Crippen molar-refractivity contribution in [2.75, 3.05) is 0 Å². The molecule has 4 heterocycles. The fourth-order valence-electron chi connectivity index (χ4n) is 4.22. The highest BCUT2D eigenvalue weighted by Crippen LogP contribution is 2.46. The number of aromatic nitrogens is 3. The van der Waals surface area contributed by atoms with Gasteiger partial charge < -0.3 is 15.7 Å². The first-order chi connectivity index (χ1) is 17.2. The van der Waals surface area contributed by atoms with Crippen molar-refractivity contribution in [3.63, 3.8) is 0 Å². The Morgan fingerprint density at radius 1 is 1.11 bits per heavy atom. The number of nitrogens with one attached hydrogen (secondary N) is 2. The van der Waals surface area contributed by atoms with Crippen LogP contribution in [-0.4, -0.2) is 43.6 Å². The predicted molar refractivity (Wildman–Crippen MR) is 124 cm³/mol. The van der Waals surface area contributed by atoms with E-state index in [1.54, 1.807) is 53.2 Å². The molecule has 4 aromatic rings. The number of ketones is 1. The Morgan fingerprint density at radius 2 is 1.89 bits per heavy atom. The third-order valence-electron chi connectivity index (χ3n) is 5.89. The number of carbonyl (C=O) groups is 2. The second-order valence-electron chi connectivity index (χ2n) is 8.11. The van der Waals surface area contributed by atoms with E-state index in [1.165, 1.54) is 40.5 Å². The normalized spacial score (nSPS) is 22.1. The van der Waals surface area contributed by atoms with Crippen molar-refractivity contribution in [1.82, 2.24) is 25.4 Å². The molecule has 0 radical (unpaired) electrons. The summed E-state index contributed by atoms with van der Waals surface area (Å²) in [6.07, 6.45) is -1.44. The Morgan fingerprint density at radius 3 is 2.53 bits per heavy atom. The predicted octanol–water partition coefficient (Wildman–Crippen LogP) is 4.10. The van der Waals surface area contributed by atoms with Crippen LogP contribution in [0, 0.1) is 5.92 Å². The SMILES string of the molecule is O=C1N[C@@H](c2cn(-c3ccccc3)nc2-c2cccs2)[C@@H](C(=O)c2cccnc2)[C@](O)(C(F)(F)F)N1. The van der Waals surface area contributed by atoms with Gasteiger partial charge in [-0.05, 0) is 35.7 Å². The Labute approximate surface area is 206 Å². The second kappa shape index (κ2) is 8.88. The molecule has 3 aromatic heterocycles. The fourth-order valence-corrected chi connectivity index (χ4v) is 4.95. The van der Waals surface area contributed by atoms with Gasteiger partial charge in [-0.3, -0.25) is 9.78 Å². The highest BCUT2D eigenvalue weighted by atomic mass is 32.1. The third-order valence-corrected chi connectivity index (χ3v) is 6.76. The lowest BCUT2D eigenvalue weighted by atomic mass is 9.77. The van der Waals surface area contributed by atoms with Crippen molar-refractivity contribution in [3.05, 3.63) is 89.7 Å². The van der Waals surface area contributed by atoms with Gasteiger partial charge in [0.2, 0.25) is 5.72 Å². The van der Waals surface area contributed by atoms with Crippen molar-refractivity contribution in [2.45, 2.75) is 17.9 Å². The zero-order chi connectivity index (χ0) is 25.5. The molecule has 3 atom stereocenters. The Balaban J connectivity index is 1.72. The number of urea groups is 1. The second-order valence-corrected chi connectivity index (χ2v) is 9.06. The molecule has 8 nitrogen and oxygen atoms in total. The van der Waals surface area contributed by atoms with Crippen LogP contribution in [0.5, 0.6) is 0 Å². The lowest BCUT2D eigenvalue weighted by Crippen LogP contribution is -2.72. The number of hydrogen-bond acceptors (Lipinski definition) is 6. The molecule has 1 fully saturated rings. The summed E-state index contributed by atoms with van der Waals surface area (Å²) in [5.41, 5.74) is -2.98. The van der Waals surface area contributed by atoms with Crippen molar-refractivity contribution in [2.24, 2.45) is 5.92 Å². The van der Waals surface area contributed by atoms with Crippen LogP contribution < -0.4 is 10.6 Å². The standard InChI is InChI=1S/C24H18F3N5O3S/c25-24(26,27)23(35)18(21(33)14-6-4-10-28-12-14)20(29-22(34)30-23)16-13-32(15-7-2-1-3-8-15)31-19(16)17-9-5-11-36-17/h1-13,18,20,35H,(H2,29,30,34)/t18-,20-,23-/m0/s1. The fraction of sp³-hybridized carbons (Fsp3) is 0.167. The van der Waals surface area contributed by atoms with Gasteiger partial charge >= 0.3 is 12.2 Å². The van der Waals surface area contributed by atoms with Gasteiger partial charge in [-0.15, -0.1) is 11.3 Å². The molecule has 0 spiro atoms. The Kier molecular flexibility index (Phi) is 5.85. The number of pyridine rings is 1. The molecule has 3 N–H and O–H groups in total. The summed E-state index contributed by atoms with van der Waals surface area (Å²) < 4.78 is 44.3. The van der Waals surface area contributed by atoms with Crippen molar-refractivity contribution in [1.29, 1.82) is 0 Å². The highest BCUT2D eigenvalue weighted by molar-refractivity contribution is 7.13. The number of halogens is 3. The van der Waals surface area contributed by atoms with Gasteiger partial charge in [0, 0.05) is 29.7 Å². The Hall–Kier alpha value is -4.03. The average molecular weight is 514 g/mol. The summed E-state index contributed by atoms with van der Waals surface area (Å²) in [4.78, 5) is 30.4. The van der Waals surface area contributed by atoms with Crippen LogP contribution in [0.3, 0.4) is 0 Å². The molecule has 0 bridgehead atoms. The van der Waals surface area contributed by atoms with Crippen molar-refractivity contribution >= 4 is 23.2 Å². The first kappa shape index (κ1) is 23.7. The molecule has 0 aliphatic carbocycles. The number of nitrogens with zero attached hydrogens (tertiary/aromatic N) is 3. The Bertz CT molecular complexity index is 1390. The molecule has 2 amide bonds. The minimum atomic E-state index is -5.37. The van der Waals surface area contributed by atoms with Crippen LogP contribution >= 0.6 is 11.3 Å². The average Bonchev–Trinajstić information content (AvgIpc) is 3.54. The van der Waals surface area contributed by atoms with Crippen molar-refractivity contribution in [3.8, 4) is 16.3 Å². The van der Waals surface area contributed by atoms with Gasteiger partial charge in [-0.25, -0.2) is 9.48 Å². The maximum Gasteiger partial charge on any atom is 0.437 e. The number of rotatable bonds is 5. The molecule has 12 heteroatoms. The molecule has 1 aliphatic heterocycles. The summed E-state index contributed by atoms with van der Waals surface area (Å²) in [7, 11) is 0. The topological polar surface area (TPSA) is 109 Å². The van der Waals surface area contributed by atoms with E-state index in [4.69, 9.17) is 0 Å². The van der Waals surface area contributed by atoms with Gasteiger partial charge in [-0.2, -0.15) is 18.3 Å².